The molecular formula is C14H14Cl2NO2P. The monoisotopic (exact) mass is 329 g/mol. The van der Waals surface area contributed by atoms with E-state index in [9.17, 15) is 4.57 Å². The second kappa shape index (κ2) is 6.09. The zero-order valence-corrected chi connectivity index (χ0v) is 13.5. The minimum atomic E-state index is -3.05. The molecule has 1 N–H and O–H groups in total. The Labute approximate surface area is 128 Å². The van der Waals surface area contributed by atoms with Crippen LogP contribution in [0.4, 0.5) is 5.69 Å². The van der Waals surface area contributed by atoms with Gasteiger partial charge in [-0.25, -0.2) is 0 Å². The van der Waals surface area contributed by atoms with Crippen LogP contribution in [0.5, 0.6) is 5.75 Å². The zero-order chi connectivity index (χ0) is 14.8. The summed E-state index contributed by atoms with van der Waals surface area (Å²) in [5, 5.41) is 4.08. The van der Waals surface area contributed by atoms with Crippen LogP contribution < -0.4 is 9.61 Å². The molecule has 0 aliphatic heterocycles. The Morgan fingerprint density at radius 3 is 2.30 bits per heavy atom. The number of nitrogens with one attached hydrogen (secondary N) is 1. The molecule has 0 saturated carbocycles. The van der Waals surface area contributed by atoms with Crippen LogP contribution in [0.1, 0.15) is 5.56 Å². The third kappa shape index (κ3) is 4.17. The third-order valence-electron chi connectivity index (χ3n) is 2.62. The molecule has 20 heavy (non-hydrogen) atoms. The molecule has 2 rings (SSSR count). The van der Waals surface area contributed by atoms with Gasteiger partial charge in [0.1, 0.15) is 5.75 Å². The molecule has 1 atom stereocenters. The number of hydrogen-bond acceptors (Lipinski definition) is 2. The highest BCUT2D eigenvalue weighted by Gasteiger charge is 2.18. The summed E-state index contributed by atoms with van der Waals surface area (Å²) in [6.07, 6.45) is 0. The molecule has 0 aliphatic rings. The smallest absolute Gasteiger partial charge is 0.338 e. The van der Waals surface area contributed by atoms with Crippen LogP contribution in [0.25, 0.3) is 0 Å². The van der Waals surface area contributed by atoms with Gasteiger partial charge in [-0.3, -0.25) is 4.57 Å². The standard InChI is InChI=1S/C14H14Cl2NO2P/c1-10-3-4-12(16)9-14(10)17-20(2,18)19-13-7-5-11(15)6-8-13/h3-9H,1-2H3,(H,17,18). The summed E-state index contributed by atoms with van der Waals surface area (Å²) < 4.78 is 18.0. The average molecular weight is 330 g/mol. The van der Waals surface area contributed by atoms with Crippen molar-refractivity contribution in [2.75, 3.05) is 11.8 Å². The Kier molecular flexibility index (Phi) is 4.64. The Bertz CT molecular complexity index is 659. The lowest BCUT2D eigenvalue weighted by Gasteiger charge is -2.19. The lowest BCUT2D eigenvalue weighted by atomic mass is 10.2. The van der Waals surface area contributed by atoms with Crippen LogP contribution in [0, 0.1) is 6.92 Å². The van der Waals surface area contributed by atoms with Gasteiger partial charge in [-0.05, 0) is 48.9 Å². The average Bonchev–Trinajstić information content (AvgIpc) is 2.36. The normalized spacial score (nSPS) is 13.6. The Morgan fingerprint density at radius 1 is 1.05 bits per heavy atom. The summed E-state index contributed by atoms with van der Waals surface area (Å²) >= 11 is 11.7. The molecule has 0 aromatic heterocycles. The number of aryl methyl sites for hydroxylation is 1. The van der Waals surface area contributed by atoms with Crippen molar-refractivity contribution in [1.29, 1.82) is 0 Å². The fourth-order valence-electron chi connectivity index (χ4n) is 1.65. The van der Waals surface area contributed by atoms with E-state index in [1.807, 2.05) is 13.0 Å². The van der Waals surface area contributed by atoms with Gasteiger partial charge < -0.3 is 9.61 Å². The number of halogens is 2. The lowest BCUT2D eigenvalue weighted by Crippen LogP contribution is -2.03. The van der Waals surface area contributed by atoms with Crippen LogP contribution in [-0.4, -0.2) is 6.66 Å². The van der Waals surface area contributed by atoms with Crippen molar-refractivity contribution in [3.8, 4) is 5.75 Å². The van der Waals surface area contributed by atoms with Gasteiger partial charge >= 0.3 is 7.52 Å². The molecule has 6 heteroatoms. The van der Waals surface area contributed by atoms with E-state index >= 15 is 0 Å². The van der Waals surface area contributed by atoms with Crippen LogP contribution >= 0.6 is 30.7 Å². The van der Waals surface area contributed by atoms with Crippen molar-refractivity contribution < 1.29 is 9.09 Å². The van der Waals surface area contributed by atoms with Crippen molar-refractivity contribution in [2.24, 2.45) is 0 Å². The molecule has 3 nitrogen and oxygen atoms in total. The molecule has 0 heterocycles. The third-order valence-corrected chi connectivity index (χ3v) is 4.31. The van der Waals surface area contributed by atoms with E-state index in [-0.39, 0.29) is 0 Å². The number of rotatable bonds is 4. The highest BCUT2D eigenvalue weighted by molar-refractivity contribution is 7.60. The van der Waals surface area contributed by atoms with Gasteiger partial charge in [0.15, 0.2) is 0 Å². The number of anilines is 1. The first-order chi connectivity index (χ1) is 9.35. The molecule has 0 amide bonds. The molecular weight excluding hydrogens is 316 g/mol. The topological polar surface area (TPSA) is 38.3 Å². The predicted octanol–water partition coefficient (Wildman–Crippen LogP) is 5.62. The van der Waals surface area contributed by atoms with E-state index in [1.54, 1.807) is 36.4 Å². The van der Waals surface area contributed by atoms with E-state index in [4.69, 9.17) is 27.7 Å². The predicted molar refractivity (Wildman–Crippen MR) is 85.4 cm³/mol. The van der Waals surface area contributed by atoms with Gasteiger partial charge in [0, 0.05) is 22.4 Å². The first-order valence-corrected chi connectivity index (χ1v) is 8.76. The Hall–Kier alpha value is -1.15. The zero-order valence-electron chi connectivity index (χ0n) is 11.1. The van der Waals surface area contributed by atoms with E-state index < -0.39 is 7.52 Å². The van der Waals surface area contributed by atoms with Crippen molar-refractivity contribution in [1.82, 2.24) is 0 Å². The summed E-state index contributed by atoms with van der Waals surface area (Å²) in [5.74, 6) is 0.493. The second-order valence-electron chi connectivity index (χ2n) is 4.46. The molecule has 106 valence electrons. The van der Waals surface area contributed by atoms with Gasteiger partial charge in [0.25, 0.3) is 0 Å². The molecule has 0 saturated heterocycles. The van der Waals surface area contributed by atoms with Crippen molar-refractivity contribution in [3.05, 3.63) is 58.1 Å². The van der Waals surface area contributed by atoms with Crippen molar-refractivity contribution >= 4 is 36.4 Å². The van der Waals surface area contributed by atoms with Crippen molar-refractivity contribution in [2.45, 2.75) is 6.92 Å². The number of hydrogen-bond donors (Lipinski definition) is 1. The van der Waals surface area contributed by atoms with E-state index in [2.05, 4.69) is 5.09 Å². The molecule has 0 radical (unpaired) electrons. The van der Waals surface area contributed by atoms with E-state index in [1.165, 1.54) is 6.66 Å². The van der Waals surface area contributed by atoms with Crippen LogP contribution in [0.2, 0.25) is 10.0 Å². The molecule has 2 aromatic rings. The first kappa shape index (κ1) is 15.2. The van der Waals surface area contributed by atoms with Gasteiger partial charge in [0.2, 0.25) is 0 Å². The van der Waals surface area contributed by atoms with Gasteiger partial charge in [-0.15, -0.1) is 0 Å². The van der Waals surface area contributed by atoms with Crippen LogP contribution in [0.3, 0.4) is 0 Å². The molecule has 0 spiro atoms. The van der Waals surface area contributed by atoms with E-state index in [0.717, 1.165) is 5.56 Å². The fourth-order valence-corrected chi connectivity index (χ4v) is 3.20. The lowest BCUT2D eigenvalue weighted by molar-refractivity contribution is 0.493. The van der Waals surface area contributed by atoms with Crippen molar-refractivity contribution in [3.63, 3.8) is 0 Å². The maximum Gasteiger partial charge on any atom is 0.338 e. The first-order valence-electron chi connectivity index (χ1n) is 5.93. The van der Waals surface area contributed by atoms with Gasteiger partial charge in [0.05, 0.1) is 0 Å². The molecule has 2 aromatic carbocycles. The van der Waals surface area contributed by atoms with Gasteiger partial charge in [-0.1, -0.05) is 29.3 Å². The fraction of sp³-hybridized carbons (Fsp3) is 0.143. The Balaban J connectivity index is 2.16. The minimum absolute atomic E-state index is 0.493. The highest BCUT2D eigenvalue weighted by Crippen LogP contribution is 2.44. The maximum absolute atomic E-state index is 12.5. The molecule has 1 unspecified atom stereocenters. The Morgan fingerprint density at radius 2 is 1.65 bits per heavy atom. The largest absolute Gasteiger partial charge is 0.429 e. The number of benzene rings is 2. The summed E-state index contributed by atoms with van der Waals surface area (Å²) in [4.78, 5) is 0. The summed E-state index contributed by atoms with van der Waals surface area (Å²) in [6, 6.07) is 12.1. The minimum Gasteiger partial charge on any atom is -0.429 e. The maximum atomic E-state index is 12.5. The summed E-state index contributed by atoms with van der Waals surface area (Å²) in [7, 11) is -3.05. The molecule has 0 bridgehead atoms. The van der Waals surface area contributed by atoms with Gasteiger partial charge in [-0.2, -0.15) is 0 Å². The molecule has 0 aliphatic carbocycles. The summed E-state index contributed by atoms with van der Waals surface area (Å²) in [5.41, 5.74) is 1.63. The van der Waals surface area contributed by atoms with Crippen LogP contribution in [-0.2, 0) is 4.57 Å². The van der Waals surface area contributed by atoms with Crippen LogP contribution in [0.15, 0.2) is 42.5 Å². The summed E-state index contributed by atoms with van der Waals surface area (Å²) in [6.45, 7) is 3.42. The second-order valence-corrected chi connectivity index (χ2v) is 7.43. The highest BCUT2D eigenvalue weighted by atomic mass is 35.5. The van der Waals surface area contributed by atoms with E-state index in [0.29, 0.717) is 21.5 Å². The SMILES string of the molecule is Cc1ccc(Cl)cc1NP(C)(=O)Oc1ccc(Cl)cc1. The quantitative estimate of drug-likeness (QED) is 0.740. The molecule has 0 fully saturated rings.